The van der Waals surface area contributed by atoms with Gasteiger partial charge in [0.1, 0.15) is 5.75 Å². The SMILES string of the molecule is C=CCN(CC)CCc1c[nH]c2cccc(OC)c12. The predicted molar refractivity (Wildman–Crippen MR) is 80.9 cm³/mol. The Labute approximate surface area is 114 Å². The Hall–Kier alpha value is -1.74. The van der Waals surface area contributed by atoms with Gasteiger partial charge in [0.25, 0.3) is 0 Å². The largest absolute Gasteiger partial charge is 0.496 e. The van der Waals surface area contributed by atoms with Crippen LogP contribution in [0.4, 0.5) is 0 Å². The van der Waals surface area contributed by atoms with E-state index < -0.39 is 0 Å². The van der Waals surface area contributed by atoms with Crippen molar-refractivity contribution in [2.24, 2.45) is 0 Å². The maximum Gasteiger partial charge on any atom is 0.128 e. The number of likely N-dealkylation sites (N-methyl/N-ethyl adjacent to an activating group) is 1. The molecule has 0 unspecified atom stereocenters. The molecule has 0 bridgehead atoms. The maximum absolute atomic E-state index is 5.46. The first-order valence-electron chi connectivity index (χ1n) is 6.76. The molecular formula is C16H22N2O. The van der Waals surface area contributed by atoms with Gasteiger partial charge in [-0.2, -0.15) is 0 Å². The fourth-order valence-electron chi connectivity index (χ4n) is 2.43. The van der Waals surface area contributed by atoms with E-state index in [0.29, 0.717) is 0 Å². The molecule has 0 saturated heterocycles. The molecule has 3 nitrogen and oxygen atoms in total. The van der Waals surface area contributed by atoms with Gasteiger partial charge in [-0.25, -0.2) is 0 Å². The Bertz CT molecular complexity index is 545. The van der Waals surface area contributed by atoms with Crippen LogP contribution in [0, 0.1) is 0 Å². The maximum atomic E-state index is 5.46. The second-order valence-corrected chi connectivity index (χ2v) is 4.63. The zero-order chi connectivity index (χ0) is 13.7. The highest BCUT2D eigenvalue weighted by molar-refractivity contribution is 5.89. The summed E-state index contributed by atoms with van der Waals surface area (Å²) in [6.07, 6.45) is 5.07. The molecule has 0 spiro atoms. The fourth-order valence-corrected chi connectivity index (χ4v) is 2.43. The number of fused-ring (bicyclic) bond motifs is 1. The lowest BCUT2D eigenvalue weighted by Crippen LogP contribution is -2.25. The topological polar surface area (TPSA) is 28.3 Å². The predicted octanol–water partition coefficient (Wildman–Crippen LogP) is 3.23. The molecule has 1 aromatic carbocycles. The summed E-state index contributed by atoms with van der Waals surface area (Å²) in [6.45, 7) is 9.01. The van der Waals surface area contributed by atoms with Crippen molar-refractivity contribution in [3.8, 4) is 5.75 Å². The van der Waals surface area contributed by atoms with Crippen LogP contribution in [-0.4, -0.2) is 36.6 Å². The van der Waals surface area contributed by atoms with Crippen LogP contribution in [0.15, 0.2) is 37.1 Å². The monoisotopic (exact) mass is 258 g/mol. The van der Waals surface area contributed by atoms with Crippen molar-refractivity contribution in [3.63, 3.8) is 0 Å². The summed E-state index contributed by atoms with van der Waals surface area (Å²) >= 11 is 0. The molecular weight excluding hydrogens is 236 g/mol. The number of methoxy groups -OCH3 is 1. The number of ether oxygens (including phenoxy) is 1. The molecule has 1 heterocycles. The molecule has 102 valence electrons. The van der Waals surface area contributed by atoms with Crippen LogP contribution in [0.2, 0.25) is 0 Å². The third-order valence-electron chi connectivity index (χ3n) is 3.50. The van der Waals surface area contributed by atoms with Gasteiger partial charge in [0.05, 0.1) is 7.11 Å². The summed E-state index contributed by atoms with van der Waals surface area (Å²) in [5.41, 5.74) is 2.45. The first-order valence-corrected chi connectivity index (χ1v) is 6.76. The minimum absolute atomic E-state index is 0.940. The number of nitrogens with zero attached hydrogens (tertiary/aromatic N) is 1. The summed E-state index contributed by atoms with van der Waals surface area (Å²) in [5.74, 6) is 0.945. The molecule has 1 N–H and O–H groups in total. The van der Waals surface area contributed by atoms with Gasteiger partial charge >= 0.3 is 0 Å². The number of nitrogens with one attached hydrogen (secondary N) is 1. The van der Waals surface area contributed by atoms with E-state index in [2.05, 4.69) is 35.6 Å². The van der Waals surface area contributed by atoms with Crippen LogP contribution in [0.1, 0.15) is 12.5 Å². The van der Waals surface area contributed by atoms with Gasteiger partial charge in [-0.1, -0.05) is 19.1 Å². The minimum Gasteiger partial charge on any atom is -0.496 e. The minimum atomic E-state index is 0.940. The van der Waals surface area contributed by atoms with Crippen molar-refractivity contribution in [3.05, 3.63) is 42.6 Å². The molecule has 0 amide bonds. The Morgan fingerprint density at radius 1 is 1.42 bits per heavy atom. The van der Waals surface area contributed by atoms with Gasteiger partial charge in [0.2, 0.25) is 0 Å². The summed E-state index contributed by atoms with van der Waals surface area (Å²) in [7, 11) is 1.72. The van der Waals surface area contributed by atoms with E-state index in [4.69, 9.17) is 4.74 Å². The summed E-state index contributed by atoms with van der Waals surface area (Å²) in [4.78, 5) is 5.69. The van der Waals surface area contributed by atoms with Crippen molar-refractivity contribution in [2.75, 3.05) is 26.7 Å². The second-order valence-electron chi connectivity index (χ2n) is 4.63. The third-order valence-corrected chi connectivity index (χ3v) is 3.50. The van der Waals surface area contributed by atoms with Crippen molar-refractivity contribution < 1.29 is 4.74 Å². The number of benzene rings is 1. The highest BCUT2D eigenvalue weighted by Crippen LogP contribution is 2.28. The van der Waals surface area contributed by atoms with Crippen molar-refractivity contribution in [1.82, 2.24) is 9.88 Å². The smallest absolute Gasteiger partial charge is 0.128 e. The van der Waals surface area contributed by atoms with Crippen LogP contribution in [0.25, 0.3) is 10.9 Å². The van der Waals surface area contributed by atoms with Gasteiger partial charge < -0.3 is 9.72 Å². The second kappa shape index (κ2) is 6.43. The van der Waals surface area contributed by atoms with E-state index in [1.165, 1.54) is 10.9 Å². The Morgan fingerprint density at radius 3 is 2.95 bits per heavy atom. The lowest BCUT2D eigenvalue weighted by Gasteiger charge is -2.17. The summed E-state index contributed by atoms with van der Waals surface area (Å²) < 4.78 is 5.46. The number of rotatable bonds is 7. The molecule has 0 aliphatic heterocycles. The molecule has 0 fully saturated rings. The Kier molecular flexibility index (Phi) is 4.63. The van der Waals surface area contributed by atoms with E-state index in [9.17, 15) is 0 Å². The standard InChI is InChI=1S/C16H22N2O/c1-4-10-18(5-2)11-9-13-12-17-14-7-6-8-15(19-3)16(13)14/h4,6-8,12,17H,1,5,9-11H2,2-3H3. The van der Waals surface area contributed by atoms with E-state index in [0.717, 1.165) is 37.3 Å². The van der Waals surface area contributed by atoms with Gasteiger partial charge in [-0.15, -0.1) is 6.58 Å². The highest BCUT2D eigenvalue weighted by atomic mass is 16.5. The van der Waals surface area contributed by atoms with Crippen LogP contribution in [0.3, 0.4) is 0 Å². The molecule has 0 saturated carbocycles. The quantitative estimate of drug-likeness (QED) is 0.772. The first-order chi connectivity index (χ1) is 9.30. The Morgan fingerprint density at radius 2 is 2.26 bits per heavy atom. The van der Waals surface area contributed by atoms with E-state index in [1.807, 2.05) is 18.2 Å². The molecule has 1 aromatic heterocycles. The van der Waals surface area contributed by atoms with E-state index >= 15 is 0 Å². The van der Waals surface area contributed by atoms with Gasteiger partial charge in [0.15, 0.2) is 0 Å². The third kappa shape index (κ3) is 2.99. The van der Waals surface area contributed by atoms with Crippen LogP contribution in [0.5, 0.6) is 5.75 Å². The zero-order valence-electron chi connectivity index (χ0n) is 11.8. The summed E-state index contributed by atoms with van der Waals surface area (Å²) in [6, 6.07) is 6.11. The van der Waals surface area contributed by atoms with Crippen molar-refractivity contribution >= 4 is 10.9 Å². The molecule has 0 atom stereocenters. The number of H-pyrrole nitrogens is 1. The molecule has 0 aliphatic rings. The normalized spacial score (nSPS) is 11.1. The lowest BCUT2D eigenvalue weighted by molar-refractivity contribution is 0.323. The first kappa shape index (κ1) is 13.7. The fraction of sp³-hybridized carbons (Fsp3) is 0.375. The van der Waals surface area contributed by atoms with Crippen molar-refractivity contribution in [2.45, 2.75) is 13.3 Å². The van der Waals surface area contributed by atoms with Crippen molar-refractivity contribution in [1.29, 1.82) is 0 Å². The van der Waals surface area contributed by atoms with E-state index in [1.54, 1.807) is 7.11 Å². The number of aromatic amines is 1. The molecule has 2 rings (SSSR count). The van der Waals surface area contributed by atoms with Crippen LogP contribution in [-0.2, 0) is 6.42 Å². The van der Waals surface area contributed by atoms with Crippen LogP contribution < -0.4 is 4.74 Å². The van der Waals surface area contributed by atoms with Gasteiger partial charge in [-0.3, -0.25) is 4.90 Å². The Balaban J connectivity index is 2.18. The average molecular weight is 258 g/mol. The molecule has 3 heteroatoms. The van der Waals surface area contributed by atoms with Gasteiger partial charge in [-0.05, 0) is 30.7 Å². The molecule has 2 aromatic rings. The van der Waals surface area contributed by atoms with Gasteiger partial charge in [0, 0.05) is 30.2 Å². The molecule has 0 radical (unpaired) electrons. The van der Waals surface area contributed by atoms with E-state index in [-0.39, 0.29) is 0 Å². The van der Waals surface area contributed by atoms with Crippen LogP contribution >= 0.6 is 0 Å². The average Bonchev–Trinajstić information content (AvgIpc) is 2.86. The molecule has 0 aliphatic carbocycles. The number of hydrogen-bond acceptors (Lipinski definition) is 2. The lowest BCUT2D eigenvalue weighted by atomic mass is 10.1. The number of hydrogen-bond donors (Lipinski definition) is 1. The number of aromatic nitrogens is 1. The zero-order valence-corrected chi connectivity index (χ0v) is 11.8. The molecule has 19 heavy (non-hydrogen) atoms. The highest BCUT2D eigenvalue weighted by Gasteiger charge is 2.10. The summed E-state index contributed by atoms with van der Waals surface area (Å²) in [5, 5.41) is 1.21.